The Kier molecular flexibility index (Phi) is 5.85. The number of carbonyl (C=O) groups excluding carboxylic acids is 1. The van der Waals surface area contributed by atoms with Crippen LogP contribution in [0.25, 0.3) is 0 Å². The lowest BCUT2D eigenvalue weighted by Gasteiger charge is -2.26. The van der Waals surface area contributed by atoms with Gasteiger partial charge in [0.15, 0.2) is 0 Å². The molecule has 104 valence electrons. The van der Waals surface area contributed by atoms with Gasteiger partial charge < -0.3 is 14.7 Å². The van der Waals surface area contributed by atoms with E-state index in [4.69, 9.17) is 9.84 Å². The van der Waals surface area contributed by atoms with Crippen LogP contribution in [0.1, 0.15) is 25.8 Å². The fourth-order valence-corrected chi connectivity index (χ4v) is 1.79. The van der Waals surface area contributed by atoms with Crippen molar-refractivity contribution < 1.29 is 19.4 Å². The van der Waals surface area contributed by atoms with Crippen LogP contribution < -0.4 is 0 Å². The quantitative estimate of drug-likeness (QED) is 0.858. The number of carbonyl (C=O) groups is 2. The van der Waals surface area contributed by atoms with Crippen LogP contribution in [-0.4, -0.2) is 34.7 Å². The first kappa shape index (κ1) is 15.0. The lowest BCUT2D eigenvalue weighted by molar-refractivity contribution is -0.138. The molecule has 1 aromatic carbocycles. The number of rotatable bonds is 6. The summed E-state index contributed by atoms with van der Waals surface area (Å²) in [4.78, 5) is 23.9. The maximum atomic E-state index is 11.9. The molecule has 1 rings (SSSR count). The van der Waals surface area contributed by atoms with Gasteiger partial charge in [-0.25, -0.2) is 4.79 Å². The van der Waals surface area contributed by atoms with Gasteiger partial charge in [0.1, 0.15) is 6.61 Å². The van der Waals surface area contributed by atoms with E-state index < -0.39 is 12.1 Å². The van der Waals surface area contributed by atoms with Crippen LogP contribution >= 0.6 is 0 Å². The number of benzene rings is 1. The number of carboxylic acid groups (broad SMARTS) is 1. The van der Waals surface area contributed by atoms with Crippen molar-refractivity contribution in [3.8, 4) is 0 Å². The Morgan fingerprint density at radius 2 is 1.95 bits per heavy atom. The van der Waals surface area contributed by atoms with E-state index in [1.54, 1.807) is 13.8 Å². The van der Waals surface area contributed by atoms with E-state index in [1.807, 2.05) is 30.3 Å². The minimum absolute atomic E-state index is 0.0890. The van der Waals surface area contributed by atoms with E-state index in [-0.39, 0.29) is 19.1 Å². The lowest BCUT2D eigenvalue weighted by atomic mass is 10.2. The second-order valence-corrected chi connectivity index (χ2v) is 4.27. The van der Waals surface area contributed by atoms with Crippen LogP contribution in [0.4, 0.5) is 4.79 Å². The molecule has 0 bridgehead atoms. The molecule has 0 aromatic heterocycles. The van der Waals surface area contributed by atoms with Crippen LogP contribution in [0, 0.1) is 0 Å². The van der Waals surface area contributed by atoms with E-state index >= 15 is 0 Å². The molecule has 5 nitrogen and oxygen atoms in total. The third kappa shape index (κ3) is 4.99. The molecule has 0 aliphatic carbocycles. The van der Waals surface area contributed by atoms with Gasteiger partial charge in [-0.05, 0) is 19.4 Å². The SMILES string of the molecule is CCN(C(=O)OCc1ccccc1)C(C)CC(=O)O. The van der Waals surface area contributed by atoms with Gasteiger partial charge in [0.05, 0.1) is 6.42 Å². The van der Waals surface area contributed by atoms with Gasteiger partial charge in [-0.2, -0.15) is 0 Å². The molecule has 0 saturated heterocycles. The average molecular weight is 265 g/mol. The number of nitrogens with zero attached hydrogens (tertiary/aromatic N) is 1. The Morgan fingerprint density at radius 3 is 2.47 bits per heavy atom. The van der Waals surface area contributed by atoms with Crippen molar-refractivity contribution >= 4 is 12.1 Å². The van der Waals surface area contributed by atoms with E-state index in [0.29, 0.717) is 6.54 Å². The molecule has 19 heavy (non-hydrogen) atoms. The maximum Gasteiger partial charge on any atom is 0.410 e. The second-order valence-electron chi connectivity index (χ2n) is 4.27. The highest BCUT2D eigenvalue weighted by atomic mass is 16.6. The minimum atomic E-state index is -0.929. The molecule has 0 spiro atoms. The number of aliphatic carboxylic acids is 1. The Labute approximate surface area is 112 Å². The highest BCUT2D eigenvalue weighted by molar-refractivity contribution is 5.71. The minimum Gasteiger partial charge on any atom is -0.481 e. The third-order valence-corrected chi connectivity index (χ3v) is 2.78. The molecule has 1 atom stereocenters. The van der Waals surface area contributed by atoms with Gasteiger partial charge in [0, 0.05) is 12.6 Å². The van der Waals surface area contributed by atoms with Gasteiger partial charge in [0.2, 0.25) is 0 Å². The fourth-order valence-electron chi connectivity index (χ4n) is 1.79. The number of hydrogen-bond acceptors (Lipinski definition) is 3. The molecule has 1 amide bonds. The number of ether oxygens (including phenoxy) is 1. The smallest absolute Gasteiger partial charge is 0.410 e. The van der Waals surface area contributed by atoms with E-state index in [9.17, 15) is 9.59 Å². The molecular weight excluding hydrogens is 246 g/mol. The average Bonchev–Trinajstić information content (AvgIpc) is 2.37. The Balaban J connectivity index is 2.52. The van der Waals surface area contributed by atoms with Crippen molar-refractivity contribution in [2.45, 2.75) is 32.9 Å². The van der Waals surface area contributed by atoms with Crippen molar-refractivity contribution in [2.24, 2.45) is 0 Å². The highest BCUT2D eigenvalue weighted by Crippen LogP contribution is 2.08. The molecule has 0 aliphatic rings. The first-order valence-corrected chi connectivity index (χ1v) is 6.23. The number of amides is 1. The predicted molar refractivity (Wildman–Crippen MR) is 70.7 cm³/mol. The summed E-state index contributed by atoms with van der Waals surface area (Å²) in [7, 11) is 0. The van der Waals surface area contributed by atoms with Crippen LogP contribution in [0.15, 0.2) is 30.3 Å². The molecule has 1 N–H and O–H groups in total. The fraction of sp³-hybridized carbons (Fsp3) is 0.429. The summed E-state index contributed by atoms with van der Waals surface area (Å²) in [6.07, 6.45) is -0.575. The van der Waals surface area contributed by atoms with Gasteiger partial charge in [-0.3, -0.25) is 4.79 Å². The van der Waals surface area contributed by atoms with Crippen molar-refractivity contribution in [1.29, 1.82) is 0 Å². The van der Waals surface area contributed by atoms with Crippen molar-refractivity contribution in [3.63, 3.8) is 0 Å². The van der Waals surface area contributed by atoms with Crippen LogP contribution in [-0.2, 0) is 16.1 Å². The topological polar surface area (TPSA) is 66.8 Å². The Hall–Kier alpha value is -2.04. The van der Waals surface area contributed by atoms with Gasteiger partial charge >= 0.3 is 12.1 Å². The molecule has 1 unspecified atom stereocenters. The highest BCUT2D eigenvalue weighted by Gasteiger charge is 2.21. The summed E-state index contributed by atoms with van der Waals surface area (Å²) >= 11 is 0. The largest absolute Gasteiger partial charge is 0.481 e. The summed E-state index contributed by atoms with van der Waals surface area (Å²) in [6, 6.07) is 8.97. The maximum absolute atomic E-state index is 11.9. The van der Waals surface area contributed by atoms with Gasteiger partial charge in [-0.1, -0.05) is 30.3 Å². The first-order valence-electron chi connectivity index (χ1n) is 6.23. The Bertz CT molecular complexity index is 419. The van der Waals surface area contributed by atoms with Gasteiger partial charge in [-0.15, -0.1) is 0 Å². The monoisotopic (exact) mass is 265 g/mol. The van der Waals surface area contributed by atoms with Gasteiger partial charge in [0.25, 0.3) is 0 Å². The molecule has 0 saturated carbocycles. The van der Waals surface area contributed by atoms with E-state index in [2.05, 4.69) is 0 Å². The summed E-state index contributed by atoms with van der Waals surface area (Å²) in [6.45, 7) is 4.10. The first-order chi connectivity index (χ1) is 9.04. The summed E-state index contributed by atoms with van der Waals surface area (Å²) in [5.41, 5.74) is 0.901. The third-order valence-electron chi connectivity index (χ3n) is 2.78. The molecule has 0 fully saturated rings. The van der Waals surface area contributed by atoms with E-state index in [0.717, 1.165) is 5.56 Å². The standard InChI is InChI=1S/C14H19NO4/c1-3-15(11(2)9-13(16)17)14(18)19-10-12-7-5-4-6-8-12/h4-8,11H,3,9-10H2,1-2H3,(H,16,17). The molecule has 5 heteroatoms. The molecule has 0 aliphatic heterocycles. The Morgan fingerprint density at radius 1 is 1.32 bits per heavy atom. The zero-order chi connectivity index (χ0) is 14.3. The van der Waals surface area contributed by atoms with Crippen LogP contribution in [0.3, 0.4) is 0 Å². The predicted octanol–water partition coefficient (Wildman–Crippen LogP) is 2.51. The van der Waals surface area contributed by atoms with E-state index in [1.165, 1.54) is 4.90 Å². The molecule has 1 aromatic rings. The van der Waals surface area contributed by atoms with Crippen LogP contribution in [0.5, 0.6) is 0 Å². The molecule has 0 heterocycles. The van der Waals surface area contributed by atoms with Crippen LogP contribution in [0.2, 0.25) is 0 Å². The zero-order valence-electron chi connectivity index (χ0n) is 11.2. The second kappa shape index (κ2) is 7.41. The summed E-state index contributed by atoms with van der Waals surface area (Å²) in [5, 5.41) is 8.74. The van der Waals surface area contributed by atoms with Crippen molar-refractivity contribution in [2.75, 3.05) is 6.54 Å². The van der Waals surface area contributed by atoms with Crippen molar-refractivity contribution in [1.82, 2.24) is 4.90 Å². The lowest BCUT2D eigenvalue weighted by Crippen LogP contribution is -2.39. The van der Waals surface area contributed by atoms with Crippen molar-refractivity contribution in [3.05, 3.63) is 35.9 Å². The summed E-state index contributed by atoms with van der Waals surface area (Å²) < 4.78 is 5.18. The normalized spacial score (nSPS) is 11.7. The zero-order valence-corrected chi connectivity index (χ0v) is 11.2. The molecular formula is C14H19NO4. The molecule has 0 radical (unpaired) electrons. The number of hydrogen-bond donors (Lipinski definition) is 1. The summed E-state index contributed by atoms with van der Waals surface area (Å²) in [5.74, 6) is -0.929. The number of carboxylic acids is 1.